The molecule has 52 heavy (non-hydrogen) atoms. The Hall–Kier alpha value is -4.73. The van der Waals surface area contributed by atoms with Gasteiger partial charge in [0.2, 0.25) is 0 Å². The van der Waals surface area contributed by atoms with E-state index in [1.165, 1.54) is 0 Å². The third kappa shape index (κ3) is 6.92. The lowest BCUT2D eigenvalue weighted by molar-refractivity contribution is 1.54. The molecule has 0 aromatic heterocycles. The van der Waals surface area contributed by atoms with Crippen LogP contribution in [0, 0.1) is 0 Å². The zero-order chi connectivity index (χ0) is 35.2. The zero-order valence-electron chi connectivity index (χ0n) is 27.6. The van der Waals surface area contributed by atoms with Gasteiger partial charge in [0.15, 0.2) is 0 Å². The molecule has 0 amide bonds. The molecule has 0 fully saturated rings. The standard InChI is InChI=1S/C40H32Cl2N7P3/c41-50(42)47-51(43-37-21-17-29-9-1-5-13-33(29)25-37,44-38-22-18-30-10-2-6-14-34(30)26-38)49-52(48-50,45-39-23-19-31-11-3-7-15-35(31)27-39)46-40-24-20-32-12-4-8-16-36(32)28-40/h1-28,43-46H. The van der Waals surface area contributed by atoms with Crippen molar-refractivity contribution in [1.29, 1.82) is 0 Å². The van der Waals surface area contributed by atoms with E-state index in [0.29, 0.717) is 0 Å². The summed E-state index contributed by atoms with van der Waals surface area (Å²) in [7, 11) is -6.47. The topological polar surface area (TPSA) is 85.2 Å². The Kier molecular flexibility index (Phi) is 8.51. The third-order valence-corrected chi connectivity index (χ3v) is 19.4. The smallest absolute Gasteiger partial charge is 0.267 e. The van der Waals surface area contributed by atoms with Gasteiger partial charge in [0.05, 0.1) is 0 Å². The molecule has 0 saturated heterocycles. The van der Waals surface area contributed by atoms with Gasteiger partial charge in [-0.05, 0) is 114 Å². The van der Waals surface area contributed by atoms with Crippen LogP contribution in [0.3, 0.4) is 0 Å². The van der Waals surface area contributed by atoms with Crippen molar-refractivity contribution < 1.29 is 0 Å². The van der Waals surface area contributed by atoms with Crippen molar-refractivity contribution in [2.45, 2.75) is 0 Å². The SMILES string of the molecule is ClP1(Cl)=NP(Nc2ccc3ccccc3c2)(Nc2ccc3ccccc3c2)=NP(Nc2ccc3ccccc3c2)(Nc2ccc3ccccc3c2)=N1. The average molecular weight is 775 g/mol. The van der Waals surface area contributed by atoms with Gasteiger partial charge in [-0.2, -0.15) is 13.5 Å². The van der Waals surface area contributed by atoms with Gasteiger partial charge in [-0.25, -0.2) is 0 Å². The van der Waals surface area contributed by atoms with Crippen molar-refractivity contribution in [2.24, 2.45) is 13.5 Å². The lowest BCUT2D eigenvalue weighted by Crippen LogP contribution is -2.11. The monoisotopic (exact) mass is 773 g/mol. The van der Waals surface area contributed by atoms with Crippen molar-refractivity contribution in [2.75, 3.05) is 20.3 Å². The van der Waals surface area contributed by atoms with E-state index in [9.17, 15) is 0 Å². The molecule has 0 aliphatic carbocycles. The fourth-order valence-corrected chi connectivity index (χ4v) is 19.0. The molecule has 8 aromatic carbocycles. The number of nitrogens with zero attached hydrogens (tertiary/aromatic N) is 3. The second-order valence-corrected chi connectivity index (χ2v) is 22.3. The van der Waals surface area contributed by atoms with Crippen molar-refractivity contribution in [3.63, 3.8) is 0 Å². The highest BCUT2D eigenvalue weighted by Crippen LogP contribution is 2.81. The van der Waals surface area contributed by atoms with E-state index >= 15 is 0 Å². The summed E-state index contributed by atoms with van der Waals surface area (Å²) in [6, 6.07) is 57.9. The number of hydrogen-bond donors (Lipinski definition) is 4. The zero-order valence-corrected chi connectivity index (χ0v) is 31.8. The van der Waals surface area contributed by atoms with Crippen LogP contribution >= 0.6 is 43.4 Å². The maximum absolute atomic E-state index is 7.26. The molecule has 1 aliphatic rings. The summed E-state index contributed by atoms with van der Waals surface area (Å²) in [5.74, 6) is -3.37. The van der Waals surface area contributed by atoms with Gasteiger partial charge >= 0.3 is 0 Å². The summed E-state index contributed by atoms with van der Waals surface area (Å²) in [5.41, 5.74) is 3.32. The van der Waals surface area contributed by atoms with Crippen LogP contribution in [-0.4, -0.2) is 0 Å². The number of benzene rings is 8. The van der Waals surface area contributed by atoms with Crippen molar-refractivity contribution in [3.05, 3.63) is 170 Å². The minimum absolute atomic E-state index is 0.831. The molecule has 12 heteroatoms. The van der Waals surface area contributed by atoms with Crippen LogP contribution in [-0.2, 0) is 0 Å². The van der Waals surface area contributed by atoms with Crippen LogP contribution in [0.2, 0.25) is 0 Å². The molecule has 0 spiro atoms. The number of hydrogen-bond acceptors (Lipinski definition) is 7. The first-order valence-corrected chi connectivity index (χ1v) is 23.6. The number of fused-ring (bicyclic) bond motifs is 4. The van der Waals surface area contributed by atoms with Crippen LogP contribution in [0.4, 0.5) is 22.7 Å². The molecule has 0 saturated carbocycles. The molecule has 8 aromatic rings. The third-order valence-electron chi connectivity index (χ3n) is 8.87. The first-order chi connectivity index (χ1) is 25.3. The second kappa shape index (κ2) is 13.4. The molecular formula is C40H32Cl2N7P3. The first-order valence-electron chi connectivity index (χ1n) is 16.7. The van der Waals surface area contributed by atoms with E-state index < -0.39 is 20.9 Å². The van der Waals surface area contributed by atoms with E-state index in [4.69, 9.17) is 36.0 Å². The molecule has 1 aliphatic heterocycles. The maximum Gasteiger partial charge on any atom is 0.267 e. The van der Waals surface area contributed by atoms with Gasteiger partial charge in [0.25, 0.3) is 20.9 Å². The summed E-state index contributed by atoms with van der Waals surface area (Å²) in [5, 5.41) is 23.8. The normalized spacial score (nSPS) is 15.7. The summed E-state index contributed by atoms with van der Waals surface area (Å²) in [4.78, 5) is 0. The van der Waals surface area contributed by atoms with Crippen molar-refractivity contribution >= 4 is 109 Å². The van der Waals surface area contributed by atoms with Crippen molar-refractivity contribution in [3.8, 4) is 0 Å². The van der Waals surface area contributed by atoms with E-state index in [2.05, 4.69) is 117 Å². The maximum atomic E-state index is 7.26. The summed E-state index contributed by atoms with van der Waals surface area (Å²) in [6.45, 7) is 0. The highest BCUT2D eigenvalue weighted by Gasteiger charge is 2.37. The fraction of sp³-hybridized carbons (Fsp3) is 0. The Morgan fingerprint density at radius 2 is 0.577 bits per heavy atom. The van der Waals surface area contributed by atoms with Gasteiger partial charge in [-0.1, -0.05) is 121 Å². The average Bonchev–Trinajstić information content (AvgIpc) is 3.14. The lowest BCUT2D eigenvalue weighted by Gasteiger charge is -2.34. The molecule has 0 radical (unpaired) electrons. The van der Waals surface area contributed by atoms with Gasteiger partial charge in [-0.3, -0.25) is 0 Å². The molecular weight excluding hydrogens is 742 g/mol. The molecule has 7 nitrogen and oxygen atoms in total. The number of nitrogens with one attached hydrogen (secondary N) is 4. The van der Waals surface area contributed by atoms with Gasteiger partial charge < -0.3 is 20.3 Å². The van der Waals surface area contributed by atoms with Gasteiger partial charge in [0, 0.05) is 22.7 Å². The Balaban J connectivity index is 1.26. The van der Waals surface area contributed by atoms with Gasteiger partial charge in [0.1, 0.15) is 0 Å². The van der Waals surface area contributed by atoms with E-state index in [-0.39, 0.29) is 0 Å². The summed E-state index contributed by atoms with van der Waals surface area (Å²) in [6.07, 6.45) is 0. The molecule has 256 valence electrons. The van der Waals surface area contributed by atoms with E-state index in [1.807, 2.05) is 72.8 Å². The van der Waals surface area contributed by atoms with Crippen molar-refractivity contribution in [1.82, 2.24) is 0 Å². The number of rotatable bonds is 8. The highest BCUT2D eigenvalue weighted by atomic mass is 35.9. The van der Waals surface area contributed by atoms with E-state index in [1.54, 1.807) is 0 Å². The predicted octanol–water partition coefficient (Wildman–Crippen LogP) is 15.4. The Labute approximate surface area is 311 Å². The first kappa shape index (κ1) is 33.1. The van der Waals surface area contributed by atoms with Crippen LogP contribution in [0.1, 0.15) is 0 Å². The predicted molar refractivity (Wildman–Crippen MR) is 230 cm³/mol. The van der Waals surface area contributed by atoms with Crippen LogP contribution < -0.4 is 20.3 Å². The quantitative estimate of drug-likeness (QED) is 0.116. The summed E-state index contributed by atoms with van der Waals surface area (Å²) >= 11 is 14.5. The van der Waals surface area contributed by atoms with Gasteiger partial charge in [-0.15, -0.1) is 0 Å². The lowest BCUT2D eigenvalue weighted by atomic mass is 10.1. The Bertz CT molecular complexity index is 2520. The molecule has 9 rings (SSSR count). The molecule has 1 heterocycles. The number of anilines is 4. The van der Waals surface area contributed by atoms with Crippen LogP contribution in [0.5, 0.6) is 0 Å². The Morgan fingerprint density at radius 1 is 0.308 bits per heavy atom. The minimum Gasteiger partial charge on any atom is -0.319 e. The minimum atomic E-state index is -3.37. The highest BCUT2D eigenvalue weighted by molar-refractivity contribution is 8.14. The van der Waals surface area contributed by atoms with Crippen LogP contribution in [0.25, 0.3) is 43.1 Å². The molecule has 0 bridgehead atoms. The molecule has 0 atom stereocenters. The molecule has 4 N–H and O–H groups in total. The largest absolute Gasteiger partial charge is 0.319 e. The number of halogens is 2. The Morgan fingerprint density at radius 3 is 0.885 bits per heavy atom. The second-order valence-electron chi connectivity index (χ2n) is 12.6. The molecule has 0 unspecified atom stereocenters. The van der Waals surface area contributed by atoms with Crippen LogP contribution in [0.15, 0.2) is 183 Å². The van der Waals surface area contributed by atoms with E-state index in [0.717, 1.165) is 65.8 Å². The summed E-state index contributed by atoms with van der Waals surface area (Å²) < 4.78 is 15.9. The fourth-order valence-electron chi connectivity index (χ4n) is 6.54.